The first kappa shape index (κ1) is 14.1. The van der Waals surface area contributed by atoms with Crippen LogP contribution in [0.1, 0.15) is 12.8 Å². The first-order chi connectivity index (χ1) is 6.63. The van der Waals surface area contributed by atoms with E-state index in [1.165, 1.54) is 0 Å². The summed E-state index contributed by atoms with van der Waals surface area (Å²) in [6.07, 6.45) is -3.59. The van der Waals surface area contributed by atoms with Gasteiger partial charge < -0.3 is 21.1 Å². The third-order valence-corrected chi connectivity index (χ3v) is 1.89. The Kier molecular flexibility index (Phi) is 4.50. The van der Waals surface area contributed by atoms with Gasteiger partial charge in [0.1, 0.15) is 0 Å². The molecule has 0 aromatic rings. The van der Waals surface area contributed by atoms with Crippen LogP contribution >= 0.6 is 0 Å². The van der Waals surface area contributed by atoms with Gasteiger partial charge >= 0.3 is 12.1 Å². The van der Waals surface area contributed by atoms with Crippen LogP contribution in [0.25, 0.3) is 0 Å². The Morgan fingerprint density at radius 3 is 1.87 bits per heavy atom. The summed E-state index contributed by atoms with van der Waals surface area (Å²) in [6.45, 7) is -0.115. The quantitative estimate of drug-likeness (QED) is 0.511. The molecule has 1 saturated carbocycles. The Morgan fingerprint density at radius 1 is 1.47 bits per heavy atom. The number of halogens is 3. The summed E-state index contributed by atoms with van der Waals surface area (Å²) in [5.74, 6) is -2.76. The predicted octanol–water partition coefficient (Wildman–Crippen LogP) is -0.536. The highest BCUT2D eigenvalue weighted by atomic mass is 19.4. The van der Waals surface area contributed by atoms with E-state index in [-0.39, 0.29) is 6.61 Å². The molecule has 1 rings (SSSR count). The lowest BCUT2D eigenvalue weighted by molar-refractivity contribution is -0.192. The van der Waals surface area contributed by atoms with E-state index in [1.807, 2.05) is 0 Å². The molecule has 5 N–H and O–H groups in total. The third-order valence-electron chi connectivity index (χ3n) is 1.89. The summed E-state index contributed by atoms with van der Waals surface area (Å²) in [7, 11) is 0. The van der Waals surface area contributed by atoms with E-state index in [1.54, 1.807) is 0 Å². The second kappa shape index (κ2) is 4.77. The summed E-state index contributed by atoms with van der Waals surface area (Å²) in [5.41, 5.74) is 4.60. The van der Waals surface area contributed by atoms with Crippen LogP contribution in [0.3, 0.4) is 0 Å². The number of rotatable bonds is 2. The van der Waals surface area contributed by atoms with Crippen molar-refractivity contribution in [2.24, 2.45) is 5.73 Å². The maximum absolute atomic E-state index is 10.6. The van der Waals surface area contributed by atoms with Gasteiger partial charge in [0, 0.05) is 0 Å². The van der Waals surface area contributed by atoms with Crippen LogP contribution in [0.2, 0.25) is 0 Å². The minimum atomic E-state index is -5.08. The highest BCUT2D eigenvalue weighted by molar-refractivity contribution is 5.73. The number of hydrogen-bond donors (Lipinski definition) is 4. The second-order valence-corrected chi connectivity index (χ2v) is 3.20. The molecule has 1 atom stereocenters. The number of aliphatic hydroxyl groups is 2. The fourth-order valence-corrected chi connectivity index (χ4v) is 0.669. The highest BCUT2D eigenvalue weighted by Crippen LogP contribution is 2.37. The van der Waals surface area contributed by atoms with Crippen LogP contribution in [0, 0.1) is 0 Å². The third kappa shape index (κ3) is 4.96. The van der Waals surface area contributed by atoms with Crippen molar-refractivity contribution in [2.75, 3.05) is 6.61 Å². The topological polar surface area (TPSA) is 104 Å². The van der Waals surface area contributed by atoms with Gasteiger partial charge in [0.15, 0.2) is 0 Å². The Bertz CT molecular complexity index is 227. The molecule has 5 nitrogen and oxygen atoms in total. The monoisotopic (exact) mass is 231 g/mol. The van der Waals surface area contributed by atoms with Gasteiger partial charge in [-0.2, -0.15) is 13.2 Å². The van der Waals surface area contributed by atoms with Gasteiger partial charge in [0.25, 0.3) is 0 Å². The summed E-state index contributed by atoms with van der Waals surface area (Å²) in [6, 6.07) is -0.428. The summed E-state index contributed by atoms with van der Waals surface area (Å²) >= 11 is 0. The molecule has 0 amide bonds. The van der Waals surface area contributed by atoms with E-state index in [2.05, 4.69) is 0 Å². The smallest absolute Gasteiger partial charge is 0.475 e. The summed E-state index contributed by atoms with van der Waals surface area (Å²) < 4.78 is 31.7. The maximum Gasteiger partial charge on any atom is 0.490 e. The van der Waals surface area contributed by atoms with Crippen molar-refractivity contribution in [3.05, 3.63) is 0 Å². The molecule has 0 heterocycles. The lowest BCUT2D eigenvalue weighted by Gasteiger charge is -2.13. The van der Waals surface area contributed by atoms with Gasteiger partial charge in [-0.15, -0.1) is 0 Å². The van der Waals surface area contributed by atoms with Gasteiger partial charge in [-0.25, -0.2) is 4.79 Å². The first-order valence-electron chi connectivity index (χ1n) is 4.02. The lowest BCUT2D eigenvalue weighted by Crippen LogP contribution is -2.39. The van der Waals surface area contributed by atoms with Crippen LogP contribution < -0.4 is 5.73 Å². The molecule has 90 valence electrons. The number of alkyl halides is 3. The van der Waals surface area contributed by atoms with Crippen LogP contribution in [0.4, 0.5) is 13.2 Å². The Labute approximate surface area is 83.3 Å². The van der Waals surface area contributed by atoms with Gasteiger partial charge in [0.2, 0.25) is 0 Å². The standard InChI is InChI=1S/C5H11NO2.C2HF3O2/c6-4(3-7)5(8)1-2-5;3-2(4,5)1(6)7/h4,7-8H,1-3,6H2;(H,6,7)/t4-;/m1./s1. The van der Waals surface area contributed by atoms with Crippen LogP contribution in [-0.4, -0.2) is 45.7 Å². The molecule has 0 aromatic carbocycles. The minimum Gasteiger partial charge on any atom is -0.475 e. The molecular formula is C7H12F3NO4. The predicted molar refractivity (Wildman–Crippen MR) is 42.9 cm³/mol. The number of hydrogen-bond acceptors (Lipinski definition) is 4. The number of nitrogens with two attached hydrogens (primary N) is 1. The molecule has 0 bridgehead atoms. The number of aliphatic hydroxyl groups excluding tert-OH is 1. The maximum atomic E-state index is 10.6. The molecule has 0 aromatic heterocycles. The fraction of sp³-hybridized carbons (Fsp3) is 0.857. The van der Waals surface area contributed by atoms with Gasteiger partial charge in [-0.05, 0) is 12.8 Å². The van der Waals surface area contributed by atoms with Crippen LogP contribution in [0.15, 0.2) is 0 Å². The lowest BCUT2D eigenvalue weighted by atomic mass is 10.2. The number of carboxylic acid groups (broad SMARTS) is 1. The highest BCUT2D eigenvalue weighted by Gasteiger charge is 2.45. The number of aliphatic carboxylic acids is 1. The largest absolute Gasteiger partial charge is 0.490 e. The average molecular weight is 231 g/mol. The minimum absolute atomic E-state index is 0.115. The molecule has 1 aliphatic rings. The average Bonchev–Trinajstić information content (AvgIpc) is 2.83. The van der Waals surface area contributed by atoms with E-state index in [0.29, 0.717) is 0 Å². The Balaban J connectivity index is 0.000000265. The van der Waals surface area contributed by atoms with Crippen LogP contribution in [-0.2, 0) is 4.79 Å². The number of carboxylic acids is 1. The van der Waals surface area contributed by atoms with E-state index in [4.69, 9.17) is 25.8 Å². The normalized spacial score (nSPS) is 19.9. The molecule has 0 saturated heterocycles. The van der Waals surface area contributed by atoms with Crippen molar-refractivity contribution in [1.82, 2.24) is 0 Å². The fourth-order valence-electron chi connectivity index (χ4n) is 0.669. The zero-order valence-corrected chi connectivity index (χ0v) is 7.66. The molecule has 0 unspecified atom stereocenters. The SMILES string of the molecule is N[C@H](CO)C1(O)CC1.O=C(O)C(F)(F)F. The second-order valence-electron chi connectivity index (χ2n) is 3.20. The molecule has 0 radical (unpaired) electrons. The van der Waals surface area contributed by atoms with Crippen LogP contribution in [0.5, 0.6) is 0 Å². The zero-order valence-electron chi connectivity index (χ0n) is 7.66. The van der Waals surface area contributed by atoms with Crippen molar-refractivity contribution in [3.8, 4) is 0 Å². The zero-order chi connectivity index (χ0) is 12.3. The Hall–Kier alpha value is -0.860. The Morgan fingerprint density at radius 2 is 1.80 bits per heavy atom. The summed E-state index contributed by atoms with van der Waals surface area (Å²) in [5, 5.41) is 24.7. The van der Waals surface area contributed by atoms with Gasteiger partial charge in [-0.3, -0.25) is 0 Å². The van der Waals surface area contributed by atoms with E-state index < -0.39 is 23.8 Å². The molecule has 0 spiro atoms. The molecule has 0 aliphatic heterocycles. The van der Waals surface area contributed by atoms with E-state index in [9.17, 15) is 13.2 Å². The summed E-state index contributed by atoms with van der Waals surface area (Å²) in [4.78, 5) is 8.90. The van der Waals surface area contributed by atoms with E-state index >= 15 is 0 Å². The van der Waals surface area contributed by atoms with Crippen molar-refractivity contribution in [1.29, 1.82) is 0 Å². The molecule has 8 heteroatoms. The van der Waals surface area contributed by atoms with Crippen molar-refractivity contribution in [3.63, 3.8) is 0 Å². The molecular weight excluding hydrogens is 219 g/mol. The van der Waals surface area contributed by atoms with Crippen molar-refractivity contribution >= 4 is 5.97 Å². The van der Waals surface area contributed by atoms with E-state index in [0.717, 1.165) is 12.8 Å². The number of carbonyl (C=O) groups is 1. The molecule has 1 fully saturated rings. The van der Waals surface area contributed by atoms with Gasteiger partial charge in [0.05, 0.1) is 18.2 Å². The van der Waals surface area contributed by atoms with Crippen molar-refractivity contribution in [2.45, 2.75) is 30.7 Å². The molecule has 1 aliphatic carbocycles. The first-order valence-corrected chi connectivity index (χ1v) is 4.02. The van der Waals surface area contributed by atoms with Crippen molar-refractivity contribution < 1.29 is 33.3 Å². The molecule has 15 heavy (non-hydrogen) atoms. The van der Waals surface area contributed by atoms with Gasteiger partial charge in [-0.1, -0.05) is 0 Å².